The summed E-state index contributed by atoms with van der Waals surface area (Å²) in [6.07, 6.45) is 2.43. The summed E-state index contributed by atoms with van der Waals surface area (Å²) in [6, 6.07) is 3.85. The van der Waals surface area contributed by atoms with E-state index < -0.39 is 8.07 Å². The molecule has 0 radical (unpaired) electrons. The zero-order chi connectivity index (χ0) is 9.03. The summed E-state index contributed by atoms with van der Waals surface area (Å²) >= 11 is 0. The van der Waals surface area contributed by atoms with Gasteiger partial charge < -0.3 is 4.42 Å². The second-order valence-corrected chi connectivity index (χ2v) is 8.56. The lowest BCUT2D eigenvalue weighted by molar-refractivity contribution is 0.525. The minimum atomic E-state index is -1.19. The van der Waals surface area contributed by atoms with Crippen LogP contribution in [0.2, 0.25) is 19.6 Å². The first kappa shape index (κ1) is 9.15. The van der Waals surface area contributed by atoms with E-state index in [0.29, 0.717) is 0 Å². The van der Waals surface area contributed by atoms with E-state index in [1.807, 2.05) is 12.1 Å². The Morgan fingerprint density at radius 2 is 2.17 bits per heavy atom. The molecule has 0 aliphatic carbocycles. The van der Waals surface area contributed by atoms with Gasteiger partial charge in [0.1, 0.15) is 13.8 Å². The van der Waals surface area contributed by atoms with Gasteiger partial charge in [0.25, 0.3) is 0 Å². The average molecular weight is 178 g/mol. The molecule has 1 heterocycles. The molecular formula is C10H14OSi. The van der Waals surface area contributed by atoms with Gasteiger partial charge in [-0.25, -0.2) is 0 Å². The van der Waals surface area contributed by atoms with Crippen LogP contribution in [0.1, 0.15) is 5.76 Å². The maximum absolute atomic E-state index is 5.16. The van der Waals surface area contributed by atoms with Crippen LogP contribution >= 0.6 is 0 Å². The Bertz CT molecular complexity index is 282. The molecule has 0 spiro atoms. The summed E-state index contributed by atoms with van der Waals surface area (Å²) in [4.78, 5) is 0. The van der Waals surface area contributed by atoms with Crippen molar-refractivity contribution in [2.24, 2.45) is 0 Å². The molecule has 0 atom stereocenters. The Morgan fingerprint density at radius 1 is 1.42 bits per heavy atom. The Labute approximate surface area is 74.8 Å². The van der Waals surface area contributed by atoms with Crippen LogP contribution < -0.4 is 0 Å². The summed E-state index contributed by atoms with van der Waals surface area (Å²) in [5.74, 6) is 4.10. The Balaban J connectivity index is 2.49. The smallest absolute Gasteiger partial charge is 0.129 e. The lowest BCUT2D eigenvalue weighted by Gasteiger charge is -2.02. The van der Waals surface area contributed by atoms with Gasteiger partial charge in [0, 0.05) is 0 Å². The van der Waals surface area contributed by atoms with Crippen LogP contribution in [-0.2, 0) is 6.42 Å². The van der Waals surface area contributed by atoms with Gasteiger partial charge in [0.05, 0.1) is 12.7 Å². The summed E-state index contributed by atoms with van der Waals surface area (Å²) in [7, 11) is -1.19. The van der Waals surface area contributed by atoms with Crippen LogP contribution in [0.25, 0.3) is 0 Å². The third-order valence-electron chi connectivity index (χ3n) is 1.31. The van der Waals surface area contributed by atoms with E-state index in [-0.39, 0.29) is 0 Å². The lowest BCUT2D eigenvalue weighted by atomic mass is 10.3. The standard InChI is InChI=1S/C10H14OSi/c1-12(2,3)9-5-7-10-6-4-8-11-10/h4,6,8H,7H2,1-3H3. The Hall–Kier alpha value is -0.943. The van der Waals surface area contributed by atoms with Crippen molar-refractivity contribution in [1.82, 2.24) is 0 Å². The Morgan fingerprint density at radius 3 is 2.67 bits per heavy atom. The summed E-state index contributed by atoms with van der Waals surface area (Å²) < 4.78 is 5.16. The molecule has 0 aliphatic heterocycles. The topological polar surface area (TPSA) is 13.1 Å². The first-order valence-corrected chi connectivity index (χ1v) is 7.60. The van der Waals surface area contributed by atoms with Gasteiger partial charge in [-0.2, -0.15) is 0 Å². The van der Waals surface area contributed by atoms with Crippen molar-refractivity contribution in [3.05, 3.63) is 24.2 Å². The van der Waals surface area contributed by atoms with Gasteiger partial charge in [0.2, 0.25) is 0 Å². The van der Waals surface area contributed by atoms with Crippen molar-refractivity contribution in [2.45, 2.75) is 26.1 Å². The molecule has 0 aliphatic rings. The molecule has 12 heavy (non-hydrogen) atoms. The van der Waals surface area contributed by atoms with E-state index in [9.17, 15) is 0 Å². The minimum absolute atomic E-state index is 0.747. The summed E-state index contributed by atoms with van der Waals surface area (Å²) in [5, 5.41) is 0. The van der Waals surface area contributed by atoms with Crippen LogP contribution in [0.15, 0.2) is 22.8 Å². The first-order valence-electron chi connectivity index (χ1n) is 4.10. The second kappa shape index (κ2) is 3.64. The molecule has 0 unspecified atom stereocenters. The fourth-order valence-corrected chi connectivity index (χ4v) is 1.43. The van der Waals surface area contributed by atoms with Crippen molar-refractivity contribution in [3.63, 3.8) is 0 Å². The molecule has 0 bridgehead atoms. The zero-order valence-corrected chi connectivity index (χ0v) is 8.85. The fraction of sp³-hybridized carbons (Fsp3) is 0.400. The number of hydrogen-bond donors (Lipinski definition) is 0. The van der Waals surface area contributed by atoms with Crippen molar-refractivity contribution in [1.29, 1.82) is 0 Å². The predicted molar refractivity (Wildman–Crippen MR) is 53.5 cm³/mol. The van der Waals surface area contributed by atoms with E-state index in [0.717, 1.165) is 12.2 Å². The lowest BCUT2D eigenvalue weighted by Crippen LogP contribution is -2.16. The third-order valence-corrected chi connectivity index (χ3v) is 2.23. The monoisotopic (exact) mass is 178 g/mol. The molecule has 1 aromatic rings. The van der Waals surface area contributed by atoms with Crippen LogP contribution in [0, 0.1) is 11.5 Å². The van der Waals surface area contributed by atoms with Crippen LogP contribution in [0.5, 0.6) is 0 Å². The molecule has 0 fully saturated rings. The van der Waals surface area contributed by atoms with Gasteiger partial charge in [0.15, 0.2) is 0 Å². The zero-order valence-electron chi connectivity index (χ0n) is 7.85. The molecule has 0 amide bonds. The molecule has 64 valence electrons. The van der Waals surface area contributed by atoms with Crippen molar-refractivity contribution < 1.29 is 4.42 Å². The quantitative estimate of drug-likeness (QED) is 0.476. The van der Waals surface area contributed by atoms with E-state index in [1.54, 1.807) is 6.26 Å². The number of hydrogen-bond acceptors (Lipinski definition) is 1. The fourth-order valence-electron chi connectivity index (χ4n) is 0.810. The highest BCUT2D eigenvalue weighted by molar-refractivity contribution is 6.83. The highest BCUT2D eigenvalue weighted by Gasteiger charge is 2.07. The molecule has 0 saturated heterocycles. The van der Waals surface area contributed by atoms with E-state index in [2.05, 4.69) is 31.1 Å². The SMILES string of the molecule is C[Si](C)(C)C#CCc1ccco1. The van der Waals surface area contributed by atoms with Gasteiger partial charge >= 0.3 is 0 Å². The van der Waals surface area contributed by atoms with Crippen molar-refractivity contribution in [3.8, 4) is 11.5 Å². The third kappa shape index (κ3) is 3.45. The van der Waals surface area contributed by atoms with Gasteiger partial charge in [-0.05, 0) is 12.1 Å². The molecule has 0 aromatic carbocycles. The predicted octanol–water partition coefficient (Wildman–Crippen LogP) is 2.70. The molecule has 0 N–H and O–H groups in total. The van der Waals surface area contributed by atoms with E-state index >= 15 is 0 Å². The van der Waals surface area contributed by atoms with E-state index in [4.69, 9.17) is 4.42 Å². The summed E-state index contributed by atoms with van der Waals surface area (Å²) in [5.41, 5.74) is 3.29. The summed E-state index contributed by atoms with van der Waals surface area (Å²) in [6.45, 7) is 6.71. The molecule has 1 aromatic heterocycles. The number of furan rings is 1. The van der Waals surface area contributed by atoms with E-state index in [1.165, 1.54) is 0 Å². The molecule has 2 heteroatoms. The second-order valence-electron chi connectivity index (χ2n) is 3.81. The molecular weight excluding hydrogens is 164 g/mol. The molecule has 1 rings (SSSR count). The van der Waals surface area contributed by atoms with Crippen molar-refractivity contribution >= 4 is 8.07 Å². The number of rotatable bonds is 1. The van der Waals surface area contributed by atoms with Gasteiger partial charge in [-0.1, -0.05) is 19.6 Å². The molecule has 1 nitrogen and oxygen atoms in total. The maximum atomic E-state index is 5.16. The first-order chi connectivity index (χ1) is 5.58. The minimum Gasteiger partial charge on any atom is -0.468 e. The highest BCUT2D eigenvalue weighted by atomic mass is 28.3. The van der Waals surface area contributed by atoms with Crippen LogP contribution in [0.4, 0.5) is 0 Å². The molecule has 0 saturated carbocycles. The highest BCUT2D eigenvalue weighted by Crippen LogP contribution is 2.01. The van der Waals surface area contributed by atoms with Crippen LogP contribution in [0.3, 0.4) is 0 Å². The van der Waals surface area contributed by atoms with Crippen molar-refractivity contribution in [2.75, 3.05) is 0 Å². The van der Waals surface area contributed by atoms with Crippen LogP contribution in [-0.4, -0.2) is 8.07 Å². The maximum Gasteiger partial charge on any atom is 0.129 e. The normalized spacial score (nSPS) is 10.6. The van der Waals surface area contributed by atoms with Gasteiger partial charge in [-0.3, -0.25) is 0 Å². The Kier molecular flexibility index (Phi) is 2.77. The average Bonchev–Trinajstić information content (AvgIpc) is 2.36. The van der Waals surface area contributed by atoms with Gasteiger partial charge in [-0.15, -0.1) is 11.5 Å². The largest absolute Gasteiger partial charge is 0.468 e.